The van der Waals surface area contributed by atoms with Crippen molar-refractivity contribution in [3.63, 3.8) is 0 Å². The van der Waals surface area contributed by atoms with Crippen LogP contribution in [0.4, 0.5) is 16.6 Å². The highest BCUT2D eigenvalue weighted by Crippen LogP contribution is 2.34. The van der Waals surface area contributed by atoms with Crippen molar-refractivity contribution in [3.05, 3.63) is 78.1 Å². The first-order chi connectivity index (χ1) is 20.9. The van der Waals surface area contributed by atoms with E-state index in [1.54, 1.807) is 4.57 Å². The molecule has 0 aliphatic carbocycles. The van der Waals surface area contributed by atoms with Crippen LogP contribution in [0.25, 0.3) is 11.2 Å². The topological polar surface area (TPSA) is 178 Å². The third kappa shape index (κ3) is 5.97. The summed E-state index contributed by atoms with van der Waals surface area (Å²) in [6.07, 6.45) is -3.34. The van der Waals surface area contributed by atoms with Gasteiger partial charge in [0.2, 0.25) is 5.95 Å². The molecule has 0 bridgehead atoms. The molecule has 4 heterocycles. The standard InChI is InChI=1S/C30H35N7O6/c38-16-22-24(39)25(40)28(43-22)37-17-33-23-26(31-14-21(19-7-3-1-4-8-19)20-9-5-2-6-10-20)34-29(35-27(23)37)36-12-11-18(15-36)13-32-30(41)42/h1-10,17-18,21-22,24-25,28,32,38-40H,11-16H2,(H,41,42)(H,31,34,35)/t18?,22-,24-,25-,28-/m1/s1. The average Bonchev–Trinajstić information content (AvgIpc) is 3.75. The van der Waals surface area contributed by atoms with E-state index in [9.17, 15) is 20.1 Å². The zero-order chi connectivity index (χ0) is 29.9. The summed E-state index contributed by atoms with van der Waals surface area (Å²) in [5.74, 6) is 1.03. The average molecular weight is 590 g/mol. The van der Waals surface area contributed by atoms with Gasteiger partial charge >= 0.3 is 6.09 Å². The van der Waals surface area contributed by atoms with E-state index in [1.165, 1.54) is 6.33 Å². The fourth-order valence-corrected chi connectivity index (χ4v) is 5.88. The Balaban J connectivity index is 1.35. The van der Waals surface area contributed by atoms with E-state index < -0.39 is 37.2 Å². The number of aromatic nitrogens is 4. The molecule has 0 saturated carbocycles. The van der Waals surface area contributed by atoms with Gasteiger partial charge in [-0.1, -0.05) is 60.7 Å². The second-order valence-electron chi connectivity index (χ2n) is 11.0. The summed E-state index contributed by atoms with van der Waals surface area (Å²) in [6.45, 7) is 1.58. The molecule has 2 fully saturated rings. The van der Waals surface area contributed by atoms with Crippen LogP contribution in [0.3, 0.4) is 0 Å². The monoisotopic (exact) mass is 589 g/mol. The summed E-state index contributed by atoms with van der Waals surface area (Å²) in [4.78, 5) is 27.3. The highest BCUT2D eigenvalue weighted by molar-refractivity contribution is 5.84. The number of hydrogen-bond donors (Lipinski definition) is 6. The van der Waals surface area contributed by atoms with Crippen LogP contribution in [0.5, 0.6) is 0 Å². The molecule has 2 aromatic heterocycles. The van der Waals surface area contributed by atoms with Gasteiger partial charge in [-0.3, -0.25) is 4.57 Å². The van der Waals surface area contributed by atoms with E-state index in [-0.39, 0.29) is 11.8 Å². The molecule has 2 aromatic carbocycles. The minimum Gasteiger partial charge on any atom is -0.465 e. The Hall–Kier alpha value is -4.30. The lowest BCUT2D eigenvalue weighted by Crippen LogP contribution is -2.33. The number of carboxylic acid groups (broad SMARTS) is 1. The maximum Gasteiger partial charge on any atom is 0.404 e. The summed E-state index contributed by atoms with van der Waals surface area (Å²) >= 11 is 0. The highest BCUT2D eigenvalue weighted by atomic mass is 16.6. The van der Waals surface area contributed by atoms with Crippen LogP contribution in [0.1, 0.15) is 29.7 Å². The fourth-order valence-electron chi connectivity index (χ4n) is 5.88. The Morgan fingerprint density at radius 2 is 1.72 bits per heavy atom. The third-order valence-electron chi connectivity index (χ3n) is 8.19. The van der Waals surface area contributed by atoms with Crippen molar-refractivity contribution < 1.29 is 30.0 Å². The summed E-state index contributed by atoms with van der Waals surface area (Å²) in [6, 6.07) is 20.4. The van der Waals surface area contributed by atoms with Crippen LogP contribution < -0.4 is 15.5 Å². The van der Waals surface area contributed by atoms with E-state index in [4.69, 9.17) is 19.8 Å². The molecule has 43 heavy (non-hydrogen) atoms. The van der Waals surface area contributed by atoms with Crippen molar-refractivity contribution >= 4 is 29.0 Å². The van der Waals surface area contributed by atoms with E-state index in [0.717, 1.165) is 17.5 Å². The number of imidazole rings is 1. The van der Waals surface area contributed by atoms with Crippen LogP contribution in [0.2, 0.25) is 0 Å². The molecule has 2 saturated heterocycles. The molecule has 4 aromatic rings. The molecule has 226 valence electrons. The Labute approximate surface area is 247 Å². The largest absolute Gasteiger partial charge is 0.465 e. The number of nitrogens with one attached hydrogen (secondary N) is 2. The SMILES string of the molecule is O=C(O)NCC1CCN(c2nc(NCC(c3ccccc3)c3ccccc3)c3ncn([C@@H]4O[C@H](CO)[C@@H](O)[C@H]4O)c3n2)C1. The molecule has 0 spiro atoms. The lowest BCUT2D eigenvalue weighted by Gasteiger charge is -2.22. The van der Waals surface area contributed by atoms with Crippen LogP contribution in [-0.4, -0.2) is 97.1 Å². The lowest BCUT2D eigenvalue weighted by atomic mass is 9.91. The molecule has 5 atom stereocenters. The van der Waals surface area contributed by atoms with Crippen molar-refractivity contribution in [2.75, 3.05) is 43.0 Å². The van der Waals surface area contributed by atoms with Crippen molar-refractivity contribution in [2.45, 2.75) is 36.9 Å². The number of nitrogens with zero attached hydrogens (tertiary/aromatic N) is 5. The van der Waals surface area contributed by atoms with Gasteiger partial charge in [0.1, 0.15) is 18.3 Å². The number of benzene rings is 2. The number of aliphatic hydroxyl groups excluding tert-OH is 3. The van der Waals surface area contributed by atoms with Gasteiger partial charge in [-0.25, -0.2) is 9.78 Å². The van der Waals surface area contributed by atoms with E-state index in [2.05, 4.69) is 39.9 Å². The Morgan fingerprint density at radius 1 is 1.02 bits per heavy atom. The molecule has 6 N–H and O–H groups in total. The Morgan fingerprint density at radius 3 is 2.35 bits per heavy atom. The van der Waals surface area contributed by atoms with Gasteiger partial charge in [0.05, 0.1) is 12.9 Å². The van der Waals surface area contributed by atoms with Gasteiger partial charge < -0.3 is 40.7 Å². The Kier molecular flexibility index (Phi) is 8.38. The van der Waals surface area contributed by atoms with E-state index in [1.807, 2.05) is 41.3 Å². The number of anilines is 2. The molecule has 6 rings (SSSR count). The zero-order valence-corrected chi connectivity index (χ0v) is 23.4. The first-order valence-electron chi connectivity index (χ1n) is 14.4. The predicted octanol–water partition coefficient (Wildman–Crippen LogP) is 1.78. The maximum absolute atomic E-state index is 11.0. The van der Waals surface area contributed by atoms with Crippen molar-refractivity contribution in [1.29, 1.82) is 0 Å². The molecule has 13 nitrogen and oxygen atoms in total. The minimum atomic E-state index is -1.30. The number of ether oxygens (including phenoxy) is 1. The van der Waals surface area contributed by atoms with E-state index in [0.29, 0.717) is 49.1 Å². The molecule has 2 aliphatic rings. The highest BCUT2D eigenvalue weighted by Gasteiger charge is 2.44. The van der Waals surface area contributed by atoms with Gasteiger partial charge in [-0.2, -0.15) is 9.97 Å². The molecule has 2 aliphatic heterocycles. The maximum atomic E-state index is 11.0. The second-order valence-corrected chi connectivity index (χ2v) is 11.0. The van der Waals surface area contributed by atoms with Gasteiger partial charge in [0, 0.05) is 32.1 Å². The summed E-state index contributed by atoms with van der Waals surface area (Å²) in [5, 5.41) is 45.8. The number of hydrogen-bond acceptors (Lipinski definition) is 10. The summed E-state index contributed by atoms with van der Waals surface area (Å²) in [7, 11) is 0. The lowest BCUT2D eigenvalue weighted by molar-refractivity contribution is -0.0511. The number of rotatable bonds is 10. The number of amides is 1. The van der Waals surface area contributed by atoms with Crippen molar-refractivity contribution in [2.24, 2.45) is 5.92 Å². The molecule has 1 amide bonds. The van der Waals surface area contributed by atoms with Gasteiger partial charge in [0.15, 0.2) is 23.2 Å². The summed E-state index contributed by atoms with van der Waals surface area (Å²) < 4.78 is 7.35. The van der Waals surface area contributed by atoms with Crippen molar-refractivity contribution in [1.82, 2.24) is 24.8 Å². The predicted molar refractivity (Wildman–Crippen MR) is 158 cm³/mol. The first kappa shape index (κ1) is 28.8. The van der Waals surface area contributed by atoms with Crippen LogP contribution in [0, 0.1) is 5.92 Å². The van der Waals surface area contributed by atoms with Gasteiger partial charge in [0.25, 0.3) is 0 Å². The molecular formula is C30H35N7O6. The normalized spacial score (nSPS) is 23.7. The van der Waals surface area contributed by atoms with Crippen molar-refractivity contribution in [3.8, 4) is 0 Å². The second kappa shape index (κ2) is 12.5. The van der Waals surface area contributed by atoms with Gasteiger partial charge in [-0.05, 0) is 23.5 Å². The zero-order valence-electron chi connectivity index (χ0n) is 23.4. The van der Waals surface area contributed by atoms with Crippen LogP contribution >= 0.6 is 0 Å². The fraction of sp³-hybridized carbons (Fsp3) is 0.400. The molecule has 1 unspecified atom stereocenters. The van der Waals surface area contributed by atoms with Crippen LogP contribution in [-0.2, 0) is 4.74 Å². The number of aliphatic hydroxyl groups is 3. The number of fused-ring (bicyclic) bond motifs is 1. The Bertz CT molecular complexity index is 1500. The quantitative estimate of drug-likeness (QED) is 0.159. The van der Waals surface area contributed by atoms with Gasteiger partial charge in [-0.15, -0.1) is 0 Å². The molecule has 13 heteroatoms. The van der Waals surface area contributed by atoms with E-state index >= 15 is 0 Å². The number of carbonyl (C=O) groups is 1. The molecule has 0 radical (unpaired) electrons. The third-order valence-corrected chi connectivity index (χ3v) is 8.19. The van der Waals surface area contributed by atoms with Crippen LogP contribution in [0.15, 0.2) is 67.0 Å². The summed E-state index contributed by atoms with van der Waals surface area (Å²) in [5.41, 5.74) is 3.13. The first-order valence-corrected chi connectivity index (χ1v) is 14.4. The smallest absolute Gasteiger partial charge is 0.404 e. The molecular weight excluding hydrogens is 554 g/mol. The minimum absolute atomic E-state index is 0.0108.